The average Bonchev–Trinajstić information content (AvgIpc) is 3.07. The van der Waals surface area contributed by atoms with E-state index in [9.17, 15) is 14.4 Å². The summed E-state index contributed by atoms with van der Waals surface area (Å²) in [4.78, 5) is 45.2. The molecule has 7 heteroatoms. The maximum atomic E-state index is 13.6. The van der Waals surface area contributed by atoms with Gasteiger partial charge in [-0.15, -0.1) is 0 Å². The highest BCUT2D eigenvalue weighted by molar-refractivity contribution is 6.11. The van der Waals surface area contributed by atoms with E-state index in [1.807, 2.05) is 61.5 Å². The number of hydrogen-bond donors (Lipinski definition) is 1. The lowest BCUT2D eigenvalue weighted by atomic mass is 9.74. The number of hydrogen-bond acceptors (Lipinski definition) is 5. The normalized spacial score (nSPS) is 18.0. The van der Waals surface area contributed by atoms with Gasteiger partial charge in [0, 0.05) is 51.2 Å². The Morgan fingerprint density at radius 1 is 1.15 bits per heavy atom. The number of nitrogens with zero attached hydrogens (tertiary/aromatic N) is 2. The number of benzene rings is 2. The first-order valence-corrected chi connectivity index (χ1v) is 11.4. The van der Waals surface area contributed by atoms with Crippen LogP contribution in [0, 0.1) is 6.92 Å². The summed E-state index contributed by atoms with van der Waals surface area (Å²) < 4.78 is 5.08. The molecule has 34 heavy (non-hydrogen) atoms. The van der Waals surface area contributed by atoms with E-state index in [0.717, 1.165) is 27.6 Å². The van der Waals surface area contributed by atoms with Gasteiger partial charge in [0.2, 0.25) is 17.7 Å². The third-order valence-corrected chi connectivity index (χ3v) is 6.42. The number of nitrogens with one attached hydrogen (secondary N) is 1. The Kier molecular flexibility index (Phi) is 7.03. The molecule has 0 aliphatic carbocycles. The second-order valence-electron chi connectivity index (χ2n) is 8.75. The zero-order valence-electron chi connectivity index (χ0n) is 19.5. The Morgan fingerprint density at radius 2 is 1.97 bits per heavy atom. The van der Waals surface area contributed by atoms with Gasteiger partial charge in [0.1, 0.15) is 0 Å². The summed E-state index contributed by atoms with van der Waals surface area (Å²) in [7, 11) is 1.58. The van der Waals surface area contributed by atoms with Crippen molar-refractivity contribution in [2.75, 3.05) is 20.3 Å². The van der Waals surface area contributed by atoms with Crippen molar-refractivity contribution in [3.05, 3.63) is 77.5 Å². The fourth-order valence-electron chi connectivity index (χ4n) is 4.72. The van der Waals surface area contributed by atoms with E-state index in [0.29, 0.717) is 19.6 Å². The lowest BCUT2D eigenvalue weighted by Gasteiger charge is -2.28. The van der Waals surface area contributed by atoms with Crippen LogP contribution in [0.15, 0.2) is 60.8 Å². The molecular formula is C27H29N3O4. The molecule has 0 saturated carbocycles. The predicted octanol–water partition coefficient (Wildman–Crippen LogP) is 3.28. The van der Waals surface area contributed by atoms with Gasteiger partial charge in [0.05, 0.1) is 10.9 Å². The number of methoxy groups -OCH3 is 1. The highest BCUT2D eigenvalue weighted by Crippen LogP contribution is 2.41. The molecule has 1 aliphatic heterocycles. The lowest BCUT2D eigenvalue weighted by molar-refractivity contribution is -0.141. The minimum Gasteiger partial charge on any atom is -0.385 e. The molecule has 1 atom stereocenters. The second kappa shape index (κ2) is 10.1. The van der Waals surface area contributed by atoms with Gasteiger partial charge in [-0.2, -0.15) is 0 Å². The van der Waals surface area contributed by atoms with E-state index >= 15 is 0 Å². The first-order valence-electron chi connectivity index (χ1n) is 11.4. The van der Waals surface area contributed by atoms with Gasteiger partial charge in [0.25, 0.3) is 0 Å². The molecule has 3 aromatic rings. The highest BCUT2D eigenvalue weighted by atomic mass is 16.5. The van der Waals surface area contributed by atoms with Crippen LogP contribution < -0.4 is 5.32 Å². The number of carbonyl (C=O) groups is 3. The number of ether oxygens (including phenoxy) is 1. The van der Waals surface area contributed by atoms with Crippen LogP contribution in [0.4, 0.5) is 0 Å². The van der Waals surface area contributed by atoms with Gasteiger partial charge in [-0.3, -0.25) is 24.3 Å². The van der Waals surface area contributed by atoms with Crippen molar-refractivity contribution >= 4 is 28.6 Å². The molecule has 1 aliphatic rings. The van der Waals surface area contributed by atoms with Crippen LogP contribution in [0.5, 0.6) is 0 Å². The van der Waals surface area contributed by atoms with Crippen LogP contribution in [0.25, 0.3) is 10.9 Å². The zero-order chi connectivity index (χ0) is 24.1. The lowest BCUT2D eigenvalue weighted by Crippen LogP contribution is -2.43. The predicted molar refractivity (Wildman–Crippen MR) is 129 cm³/mol. The molecule has 1 aromatic heterocycles. The number of pyridine rings is 1. The molecule has 0 spiro atoms. The van der Waals surface area contributed by atoms with E-state index in [1.54, 1.807) is 13.3 Å². The maximum absolute atomic E-state index is 13.6. The average molecular weight is 460 g/mol. The molecular weight excluding hydrogens is 430 g/mol. The van der Waals surface area contributed by atoms with Crippen molar-refractivity contribution in [1.29, 1.82) is 0 Å². The van der Waals surface area contributed by atoms with Crippen molar-refractivity contribution in [3.63, 3.8) is 0 Å². The van der Waals surface area contributed by atoms with Gasteiger partial charge in [0.15, 0.2) is 0 Å². The molecule has 2 heterocycles. The van der Waals surface area contributed by atoms with E-state index < -0.39 is 5.41 Å². The monoisotopic (exact) mass is 459 g/mol. The second-order valence-corrected chi connectivity index (χ2v) is 8.75. The topological polar surface area (TPSA) is 88.6 Å². The molecule has 7 nitrogen and oxygen atoms in total. The third-order valence-electron chi connectivity index (χ3n) is 6.42. The maximum Gasteiger partial charge on any atom is 0.240 e. The molecule has 1 fully saturated rings. The number of fused-ring (bicyclic) bond motifs is 1. The number of amides is 3. The van der Waals surface area contributed by atoms with E-state index in [1.165, 1.54) is 4.90 Å². The zero-order valence-corrected chi connectivity index (χ0v) is 19.5. The summed E-state index contributed by atoms with van der Waals surface area (Å²) in [6.45, 7) is 2.97. The summed E-state index contributed by atoms with van der Waals surface area (Å²) in [5.41, 5.74) is 2.24. The number of carbonyl (C=O) groups excluding carboxylic acids is 3. The van der Waals surface area contributed by atoms with Crippen LogP contribution in [-0.2, 0) is 31.1 Å². The molecule has 1 saturated heterocycles. The summed E-state index contributed by atoms with van der Waals surface area (Å²) in [6.07, 6.45) is 2.20. The van der Waals surface area contributed by atoms with Crippen molar-refractivity contribution < 1.29 is 19.1 Å². The number of aryl methyl sites for hydroxylation is 1. The first-order chi connectivity index (χ1) is 16.4. The molecule has 2 aromatic carbocycles. The summed E-state index contributed by atoms with van der Waals surface area (Å²) in [5.74, 6) is -0.830. The van der Waals surface area contributed by atoms with Gasteiger partial charge in [-0.25, -0.2) is 0 Å². The van der Waals surface area contributed by atoms with Crippen LogP contribution in [0.3, 0.4) is 0 Å². The SMILES string of the molecule is COCCCN1C(=O)C[C@](CC(=O)NCc2ccc3ncccc3c2)(c2ccccc2C)C1=O. The summed E-state index contributed by atoms with van der Waals surface area (Å²) in [6, 6.07) is 17.2. The molecule has 3 amide bonds. The third kappa shape index (κ3) is 4.70. The summed E-state index contributed by atoms with van der Waals surface area (Å²) in [5, 5.41) is 3.94. The molecule has 0 unspecified atom stereocenters. The van der Waals surface area contributed by atoms with Crippen LogP contribution in [0.1, 0.15) is 36.0 Å². The van der Waals surface area contributed by atoms with Gasteiger partial charge < -0.3 is 10.1 Å². The fourth-order valence-corrected chi connectivity index (χ4v) is 4.72. The Bertz CT molecular complexity index is 1230. The Balaban J connectivity index is 1.55. The summed E-state index contributed by atoms with van der Waals surface area (Å²) >= 11 is 0. The number of imide groups is 1. The molecule has 1 N–H and O–H groups in total. The van der Waals surface area contributed by atoms with Crippen LogP contribution in [0.2, 0.25) is 0 Å². The number of aromatic nitrogens is 1. The van der Waals surface area contributed by atoms with Crippen molar-refractivity contribution in [3.8, 4) is 0 Å². The van der Waals surface area contributed by atoms with Crippen molar-refractivity contribution in [2.24, 2.45) is 0 Å². The number of likely N-dealkylation sites (tertiary alicyclic amines) is 1. The molecule has 4 rings (SSSR count). The fraction of sp³-hybridized carbons (Fsp3) is 0.333. The highest BCUT2D eigenvalue weighted by Gasteiger charge is 2.53. The standard InChI is InChI=1S/C27H29N3O4/c1-19-7-3-4-9-22(19)27(17-25(32)30(26(27)33)13-6-14-34-2)16-24(31)29-18-20-10-11-23-21(15-20)8-5-12-28-23/h3-5,7-12,15H,6,13-14,16-18H2,1-2H3,(H,29,31)/t27-/m1/s1. The van der Waals surface area contributed by atoms with Crippen LogP contribution >= 0.6 is 0 Å². The van der Waals surface area contributed by atoms with E-state index in [-0.39, 0.29) is 37.1 Å². The van der Waals surface area contributed by atoms with E-state index in [2.05, 4.69) is 10.3 Å². The Hall–Kier alpha value is -3.58. The number of rotatable bonds is 9. The Labute approximate surface area is 199 Å². The smallest absolute Gasteiger partial charge is 0.240 e. The van der Waals surface area contributed by atoms with Gasteiger partial charge in [-0.1, -0.05) is 36.4 Å². The Morgan fingerprint density at radius 3 is 2.76 bits per heavy atom. The minimum atomic E-state index is -1.20. The van der Waals surface area contributed by atoms with Crippen molar-refractivity contribution in [1.82, 2.24) is 15.2 Å². The first kappa shape index (κ1) is 23.6. The van der Waals surface area contributed by atoms with Gasteiger partial charge in [-0.05, 0) is 48.2 Å². The van der Waals surface area contributed by atoms with Crippen LogP contribution in [-0.4, -0.2) is 47.9 Å². The van der Waals surface area contributed by atoms with Crippen molar-refractivity contribution in [2.45, 2.75) is 38.1 Å². The van der Waals surface area contributed by atoms with E-state index in [4.69, 9.17) is 4.74 Å². The van der Waals surface area contributed by atoms with Gasteiger partial charge >= 0.3 is 0 Å². The largest absolute Gasteiger partial charge is 0.385 e. The quantitative estimate of drug-likeness (QED) is 0.392. The molecule has 0 bridgehead atoms. The molecule has 176 valence electrons. The minimum absolute atomic E-state index is 0.0151. The molecule has 0 radical (unpaired) electrons.